The average Bonchev–Trinajstić information content (AvgIpc) is 2.58. The number of hydrogen-bond acceptors (Lipinski definition) is 3. The molecule has 132 valence electrons. The maximum atomic E-state index is 9.90. The molecule has 0 aromatic heterocycles. The maximum Gasteiger partial charge on any atom is 0.118 e. The molecule has 0 fully saturated rings. The molecule has 1 N–H and O–H groups in total. The van der Waals surface area contributed by atoms with Gasteiger partial charge in [-0.1, -0.05) is 57.6 Å². The predicted octanol–water partition coefficient (Wildman–Crippen LogP) is 5.10. The normalized spacial score (nSPS) is 12.3. The minimum absolute atomic E-state index is 0.105. The largest absolute Gasteiger partial charge is 0.497 e. The molecule has 0 heterocycles. The number of benzene rings is 1. The molecule has 0 saturated carbocycles. The maximum absolute atomic E-state index is 9.90. The van der Waals surface area contributed by atoms with Gasteiger partial charge in [-0.25, -0.2) is 0 Å². The van der Waals surface area contributed by atoms with Gasteiger partial charge in [-0.2, -0.15) is 0 Å². The van der Waals surface area contributed by atoms with E-state index in [1.807, 2.05) is 24.3 Å². The Hall–Kier alpha value is -1.06. The first-order chi connectivity index (χ1) is 11.3. The fourth-order valence-corrected chi connectivity index (χ4v) is 2.62. The molecule has 0 unspecified atom stereocenters. The number of unbranched alkanes of at least 4 members (excludes halogenated alkanes) is 5. The van der Waals surface area contributed by atoms with Gasteiger partial charge in [0.1, 0.15) is 5.75 Å². The number of hydrogen-bond donors (Lipinski definition) is 1. The summed E-state index contributed by atoms with van der Waals surface area (Å²) in [5.74, 6) is 0.877. The number of aliphatic hydroxyl groups excluding tert-OH is 1. The van der Waals surface area contributed by atoms with Crippen LogP contribution < -0.4 is 4.74 Å². The van der Waals surface area contributed by atoms with Crippen molar-refractivity contribution in [3.8, 4) is 5.75 Å². The first-order valence-corrected chi connectivity index (χ1v) is 9.15. The predicted molar refractivity (Wildman–Crippen MR) is 95.9 cm³/mol. The second-order valence-electron chi connectivity index (χ2n) is 6.25. The summed E-state index contributed by atoms with van der Waals surface area (Å²) in [4.78, 5) is 0. The summed E-state index contributed by atoms with van der Waals surface area (Å²) in [7, 11) is 1.67. The van der Waals surface area contributed by atoms with Gasteiger partial charge >= 0.3 is 0 Å². The molecule has 1 aromatic rings. The van der Waals surface area contributed by atoms with Crippen molar-refractivity contribution in [3.05, 3.63) is 29.8 Å². The van der Waals surface area contributed by atoms with Crippen LogP contribution in [0.15, 0.2) is 24.3 Å². The van der Waals surface area contributed by atoms with Crippen molar-refractivity contribution in [3.63, 3.8) is 0 Å². The van der Waals surface area contributed by atoms with Gasteiger partial charge in [0.2, 0.25) is 0 Å². The highest BCUT2D eigenvalue weighted by Crippen LogP contribution is 2.13. The summed E-state index contributed by atoms with van der Waals surface area (Å²) in [6, 6.07) is 7.99. The van der Waals surface area contributed by atoms with E-state index in [1.54, 1.807) is 7.11 Å². The van der Waals surface area contributed by atoms with Gasteiger partial charge in [-0.3, -0.25) is 0 Å². The van der Waals surface area contributed by atoms with Gasteiger partial charge < -0.3 is 14.6 Å². The average molecular weight is 322 g/mol. The first-order valence-electron chi connectivity index (χ1n) is 9.15. The molecule has 0 aliphatic heterocycles. The van der Waals surface area contributed by atoms with Gasteiger partial charge in [-0.15, -0.1) is 0 Å². The Balaban J connectivity index is 1.92. The van der Waals surface area contributed by atoms with Gasteiger partial charge in [0.15, 0.2) is 0 Å². The lowest BCUT2D eigenvalue weighted by Gasteiger charge is -2.10. The number of ether oxygens (including phenoxy) is 2. The summed E-state index contributed by atoms with van der Waals surface area (Å²) < 4.78 is 10.8. The van der Waals surface area contributed by atoms with Crippen molar-refractivity contribution in [2.45, 2.75) is 77.4 Å². The Kier molecular flexibility index (Phi) is 11.6. The van der Waals surface area contributed by atoms with E-state index in [2.05, 4.69) is 6.92 Å². The Bertz CT molecular complexity index is 375. The molecule has 3 heteroatoms. The number of methoxy groups -OCH3 is 1. The van der Waals surface area contributed by atoms with Crippen LogP contribution in [0, 0.1) is 0 Å². The standard InChI is InChI=1S/C20H34O3/c1-3-4-5-7-10-19(21)11-8-6-9-16-23-17-18-12-14-20(22-2)15-13-18/h12-15,19,21H,3-11,16-17H2,1-2H3/t19-/m0/s1. The third-order valence-corrected chi connectivity index (χ3v) is 4.14. The molecule has 0 aliphatic rings. The zero-order valence-electron chi connectivity index (χ0n) is 14.9. The highest BCUT2D eigenvalue weighted by atomic mass is 16.5. The van der Waals surface area contributed by atoms with Gasteiger partial charge in [0.25, 0.3) is 0 Å². The van der Waals surface area contributed by atoms with Gasteiger partial charge in [0.05, 0.1) is 19.8 Å². The summed E-state index contributed by atoms with van der Waals surface area (Å²) >= 11 is 0. The van der Waals surface area contributed by atoms with Crippen LogP contribution in [0.1, 0.15) is 70.3 Å². The van der Waals surface area contributed by atoms with E-state index in [9.17, 15) is 5.11 Å². The second-order valence-corrected chi connectivity index (χ2v) is 6.25. The molecule has 3 nitrogen and oxygen atoms in total. The van der Waals surface area contributed by atoms with Crippen LogP contribution in [0.3, 0.4) is 0 Å². The fraction of sp³-hybridized carbons (Fsp3) is 0.700. The molecule has 0 saturated heterocycles. The molecular weight excluding hydrogens is 288 g/mol. The Morgan fingerprint density at radius 3 is 2.17 bits per heavy atom. The van der Waals surface area contributed by atoms with Crippen molar-refractivity contribution in [1.29, 1.82) is 0 Å². The Morgan fingerprint density at radius 1 is 0.913 bits per heavy atom. The van der Waals surface area contributed by atoms with E-state index in [0.717, 1.165) is 44.5 Å². The zero-order chi connectivity index (χ0) is 16.8. The highest BCUT2D eigenvalue weighted by Gasteiger charge is 2.03. The van der Waals surface area contributed by atoms with E-state index in [-0.39, 0.29) is 6.10 Å². The monoisotopic (exact) mass is 322 g/mol. The van der Waals surface area contributed by atoms with Crippen LogP contribution in [0.2, 0.25) is 0 Å². The zero-order valence-corrected chi connectivity index (χ0v) is 14.9. The van der Waals surface area contributed by atoms with Crippen LogP contribution >= 0.6 is 0 Å². The SMILES string of the molecule is CCCCCC[C@H](O)CCCCCOCc1ccc(OC)cc1. The molecule has 1 aromatic carbocycles. The van der Waals surface area contributed by atoms with Gasteiger partial charge in [0, 0.05) is 6.61 Å². The van der Waals surface area contributed by atoms with E-state index in [0.29, 0.717) is 6.61 Å². The van der Waals surface area contributed by atoms with Crippen molar-refractivity contribution in [2.24, 2.45) is 0 Å². The number of aliphatic hydroxyl groups is 1. The third-order valence-electron chi connectivity index (χ3n) is 4.14. The van der Waals surface area contributed by atoms with Crippen molar-refractivity contribution in [2.75, 3.05) is 13.7 Å². The van der Waals surface area contributed by atoms with Crippen molar-refractivity contribution in [1.82, 2.24) is 0 Å². The van der Waals surface area contributed by atoms with Crippen LogP contribution in [0.5, 0.6) is 5.75 Å². The molecular formula is C20H34O3. The van der Waals surface area contributed by atoms with E-state index < -0.39 is 0 Å². The Morgan fingerprint density at radius 2 is 1.57 bits per heavy atom. The lowest BCUT2D eigenvalue weighted by molar-refractivity contribution is 0.113. The second kappa shape index (κ2) is 13.4. The highest BCUT2D eigenvalue weighted by molar-refractivity contribution is 5.26. The molecule has 0 spiro atoms. The van der Waals surface area contributed by atoms with Crippen LogP contribution in [0.4, 0.5) is 0 Å². The third kappa shape index (κ3) is 10.4. The van der Waals surface area contributed by atoms with E-state index in [1.165, 1.54) is 31.2 Å². The summed E-state index contributed by atoms with van der Waals surface area (Å²) in [6.45, 7) is 3.66. The molecule has 0 bridgehead atoms. The molecule has 1 atom stereocenters. The quantitative estimate of drug-likeness (QED) is 0.484. The first kappa shape index (κ1) is 20.0. The molecule has 0 radical (unpaired) electrons. The van der Waals surface area contributed by atoms with Crippen molar-refractivity contribution >= 4 is 0 Å². The molecule has 1 rings (SSSR count). The van der Waals surface area contributed by atoms with E-state index in [4.69, 9.17) is 9.47 Å². The van der Waals surface area contributed by atoms with Crippen LogP contribution in [0.25, 0.3) is 0 Å². The molecule has 23 heavy (non-hydrogen) atoms. The summed E-state index contributed by atoms with van der Waals surface area (Å²) in [5.41, 5.74) is 1.17. The van der Waals surface area contributed by atoms with E-state index >= 15 is 0 Å². The molecule has 0 aliphatic carbocycles. The van der Waals surface area contributed by atoms with Crippen LogP contribution in [-0.2, 0) is 11.3 Å². The van der Waals surface area contributed by atoms with Gasteiger partial charge in [-0.05, 0) is 37.0 Å². The van der Waals surface area contributed by atoms with Crippen molar-refractivity contribution < 1.29 is 14.6 Å². The minimum Gasteiger partial charge on any atom is -0.497 e. The number of rotatable bonds is 14. The minimum atomic E-state index is -0.105. The lowest BCUT2D eigenvalue weighted by atomic mass is 10.0. The lowest BCUT2D eigenvalue weighted by Crippen LogP contribution is -2.06. The molecule has 0 amide bonds. The smallest absolute Gasteiger partial charge is 0.118 e. The summed E-state index contributed by atoms with van der Waals surface area (Å²) in [5, 5.41) is 9.90. The van der Waals surface area contributed by atoms with Crippen LogP contribution in [-0.4, -0.2) is 24.9 Å². The topological polar surface area (TPSA) is 38.7 Å². The Labute approximate surface area is 142 Å². The summed E-state index contributed by atoms with van der Waals surface area (Å²) in [6.07, 6.45) is 10.1. The fourth-order valence-electron chi connectivity index (χ4n) is 2.62.